The fraction of sp³-hybridized carbons (Fsp3) is 0.273. The molecule has 0 bridgehead atoms. The summed E-state index contributed by atoms with van der Waals surface area (Å²) in [6.45, 7) is 1.97. The third-order valence-electron chi connectivity index (χ3n) is 1.91. The Kier molecular flexibility index (Phi) is 3.40. The van der Waals surface area contributed by atoms with E-state index in [1.165, 1.54) is 4.90 Å². The van der Waals surface area contributed by atoms with Crippen molar-refractivity contribution in [2.75, 3.05) is 14.1 Å². The number of carbonyl (C=O) groups is 1. The second-order valence-electron chi connectivity index (χ2n) is 3.30. The number of likely N-dealkylation sites (N-methyl/N-ethyl adjacent to an activating group) is 1. The van der Waals surface area contributed by atoms with Gasteiger partial charge in [0, 0.05) is 32.6 Å². The number of aryl methyl sites for hydroxylation is 1. The molecule has 0 saturated carbocycles. The van der Waals surface area contributed by atoms with E-state index < -0.39 is 0 Å². The van der Waals surface area contributed by atoms with Crippen LogP contribution in [-0.4, -0.2) is 29.9 Å². The van der Waals surface area contributed by atoms with Crippen molar-refractivity contribution in [3.63, 3.8) is 0 Å². The average molecular weight is 190 g/mol. The topological polar surface area (TPSA) is 33.2 Å². The molecule has 0 radical (unpaired) electrons. The molecule has 0 aliphatic carbocycles. The Labute approximate surface area is 84.1 Å². The number of pyridine rings is 1. The van der Waals surface area contributed by atoms with Crippen LogP contribution in [0.2, 0.25) is 0 Å². The van der Waals surface area contributed by atoms with Gasteiger partial charge in [-0.15, -0.1) is 0 Å². The number of hydrogen-bond acceptors (Lipinski definition) is 2. The Hall–Kier alpha value is -1.64. The second kappa shape index (κ2) is 4.56. The summed E-state index contributed by atoms with van der Waals surface area (Å²) in [5.74, 6) is -0.0128. The van der Waals surface area contributed by atoms with Gasteiger partial charge in [0.15, 0.2) is 0 Å². The van der Waals surface area contributed by atoms with E-state index in [2.05, 4.69) is 4.98 Å². The van der Waals surface area contributed by atoms with Crippen molar-refractivity contribution in [3.8, 4) is 0 Å². The van der Waals surface area contributed by atoms with Crippen LogP contribution in [0.3, 0.4) is 0 Å². The summed E-state index contributed by atoms with van der Waals surface area (Å²) in [5, 5.41) is 0. The minimum atomic E-state index is -0.0128. The van der Waals surface area contributed by atoms with Gasteiger partial charge >= 0.3 is 0 Å². The van der Waals surface area contributed by atoms with Gasteiger partial charge in [-0.2, -0.15) is 0 Å². The van der Waals surface area contributed by atoms with Crippen molar-refractivity contribution in [2.45, 2.75) is 6.92 Å². The maximum atomic E-state index is 11.3. The Morgan fingerprint density at radius 1 is 1.50 bits per heavy atom. The molecule has 0 spiro atoms. The SMILES string of the molecule is Cc1cnccc1/C=C/C(=O)N(C)C. The minimum Gasteiger partial charge on any atom is -0.345 e. The average Bonchev–Trinajstić information content (AvgIpc) is 2.16. The Bertz CT molecular complexity index is 356. The van der Waals surface area contributed by atoms with Gasteiger partial charge in [0.05, 0.1) is 0 Å². The standard InChI is InChI=1S/C11H14N2O/c1-9-8-12-7-6-10(9)4-5-11(14)13(2)3/h4-8H,1-3H3/b5-4+. The molecule has 1 rings (SSSR count). The molecule has 0 aliphatic rings. The van der Waals surface area contributed by atoms with Crippen molar-refractivity contribution in [2.24, 2.45) is 0 Å². The number of hydrogen-bond donors (Lipinski definition) is 0. The fourth-order valence-electron chi connectivity index (χ4n) is 0.981. The molecule has 0 unspecified atom stereocenters. The van der Waals surface area contributed by atoms with Crippen molar-refractivity contribution < 1.29 is 4.79 Å². The third-order valence-corrected chi connectivity index (χ3v) is 1.91. The number of rotatable bonds is 2. The lowest BCUT2D eigenvalue weighted by Gasteiger charge is -2.05. The first-order valence-corrected chi connectivity index (χ1v) is 4.41. The molecular weight excluding hydrogens is 176 g/mol. The molecule has 1 amide bonds. The van der Waals surface area contributed by atoms with Crippen LogP contribution in [-0.2, 0) is 4.79 Å². The van der Waals surface area contributed by atoms with Gasteiger partial charge < -0.3 is 4.90 Å². The number of nitrogens with zero attached hydrogens (tertiary/aromatic N) is 2. The zero-order valence-corrected chi connectivity index (χ0v) is 8.69. The van der Waals surface area contributed by atoms with E-state index in [4.69, 9.17) is 0 Å². The Morgan fingerprint density at radius 2 is 2.21 bits per heavy atom. The van der Waals surface area contributed by atoms with Crippen LogP contribution in [0.15, 0.2) is 24.5 Å². The van der Waals surface area contributed by atoms with Crippen LogP contribution in [0.4, 0.5) is 0 Å². The number of amides is 1. The monoisotopic (exact) mass is 190 g/mol. The molecule has 1 aromatic heterocycles. The predicted octanol–water partition coefficient (Wildman–Crippen LogP) is 1.49. The summed E-state index contributed by atoms with van der Waals surface area (Å²) in [5.41, 5.74) is 2.09. The van der Waals surface area contributed by atoms with Gasteiger partial charge in [0.25, 0.3) is 0 Å². The number of aromatic nitrogens is 1. The largest absolute Gasteiger partial charge is 0.345 e. The highest BCUT2D eigenvalue weighted by molar-refractivity contribution is 5.91. The Balaban J connectivity index is 2.79. The second-order valence-corrected chi connectivity index (χ2v) is 3.30. The van der Waals surface area contributed by atoms with Gasteiger partial charge in [-0.05, 0) is 30.2 Å². The van der Waals surface area contributed by atoms with Gasteiger partial charge in [-0.3, -0.25) is 9.78 Å². The van der Waals surface area contributed by atoms with Crippen LogP contribution >= 0.6 is 0 Å². The van der Waals surface area contributed by atoms with Gasteiger partial charge in [-0.25, -0.2) is 0 Å². The summed E-state index contributed by atoms with van der Waals surface area (Å²) in [7, 11) is 3.46. The smallest absolute Gasteiger partial charge is 0.246 e. The van der Waals surface area contributed by atoms with Crippen LogP contribution in [0.1, 0.15) is 11.1 Å². The molecule has 0 aliphatic heterocycles. The van der Waals surface area contributed by atoms with E-state index in [1.54, 1.807) is 38.6 Å². The van der Waals surface area contributed by atoms with Crippen LogP contribution in [0.25, 0.3) is 6.08 Å². The molecule has 0 fully saturated rings. The zero-order chi connectivity index (χ0) is 10.6. The maximum Gasteiger partial charge on any atom is 0.246 e. The maximum absolute atomic E-state index is 11.3. The van der Waals surface area contributed by atoms with E-state index in [0.29, 0.717) is 0 Å². The highest BCUT2D eigenvalue weighted by Gasteiger charge is 1.97. The van der Waals surface area contributed by atoms with Crippen LogP contribution in [0.5, 0.6) is 0 Å². The molecule has 0 atom stereocenters. The first-order valence-electron chi connectivity index (χ1n) is 4.41. The lowest BCUT2D eigenvalue weighted by atomic mass is 10.1. The van der Waals surface area contributed by atoms with Gasteiger partial charge in [0.1, 0.15) is 0 Å². The minimum absolute atomic E-state index is 0.0128. The van der Waals surface area contributed by atoms with Gasteiger partial charge in [0.2, 0.25) is 5.91 Å². The molecule has 0 saturated heterocycles. The van der Waals surface area contributed by atoms with E-state index >= 15 is 0 Å². The van der Waals surface area contributed by atoms with E-state index in [-0.39, 0.29) is 5.91 Å². The molecule has 3 nitrogen and oxygen atoms in total. The zero-order valence-electron chi connectivity index (χ0n) is 8.69. The summed E-state index contributed by atoms with van der Waals surface area (Å²) in [6, 6.07) is 1.88. The van der Waals surface area contributed by atoms with E-state index in [0.717, 1.165) is 11.1 Å². The molecule has 0 aromatic carbocycles. The molecule has 3 heteroatoms. The summed E-state index contributed by atoms with van der Waals surface area (Å²) in [4.78, 5) is 16.8. The van der Waals surface area contributed by atoms with Crippen molar-refractivity contribution in [1.82, 2.24) is 9.88 Å². The first kappa shape index (κ1) is 10.4. The number of carbonyl (C=O) groups excluding carboxylic acids is 1. The summed E-state index contributed by atoms with van der Waals surface area (Å²) >= 11 is 0. The summed E-state index contributed by atoms with van der Waals surface area (Å²) in [6.07, 6.45) is 6.86. The van der Waals surface area contributed by atoms with Crippen LogP contribution < -0.4 is 0 Å². The van der Waals surface area contributed by atoms with Crippen molar-refractivity contribution in [1.29, 1.82) is 0 Å². The molecule has 1 aromatic rings. The lowest BCUT2D eigenvalue weighted by Crippen LogP contribution is -2.18. The fourth-order valence-corrected chi connectivity index (χ4v) is 0.981. The normalized spacial score (nSPS) is 10.5. The van der Waals surface area contributed by atoms with Crippen molar-refractivity contribution >= 4 is 12.0 Å². The molecule has 14 heavy (non-hydrogen) atoms. The van der Waals surface area contributed by atoms with E-state index in [1.807, 2.05) is 13.0 Å². The van der Waals surface area contributed by atoms with Crippen molar-refractivity contribution in [3.05, 3.63) is 35.7 Å². The van der Waals surface area contributed by atoms with E-state index in [9.17, 15) is 4.79 Å². The molecule has 1 heterocycles. The van der Waals surface area contributed by atoms with Gasteiger partial charge in [-0.1, -0.05) is 0 Å². The first-order chi connectivity index (χ1) is 6.61. The molecular formula is C11H14N2O. The highest BCUT2D eigenvalue weighted by Crippen LogP contribution is 2.06. The predicted molar refractivity (Wildman–Crippen MR) is 56.7 cm³/mol. The molecule has 0 N–H and O–H groups in total. The van der Waals surface area contributed by atoms with Crippen LogP contribution in [0, 0.1) is 6.92 Å². The quantitative estimate of drug-likeness (QED) is 0.662. The Morgan fingerprint density at radius 3 is 2.79 bits per heavy atom. The molecule has 74 valence electrons. The summed E-state index contributed by atoms with van der Waals surface area (Å²) < 4.78 is 0. The highest BCUT2D eigenvalue weighted by atomic mass is 16.2. The lowest BCUT2D eigenvalue weighted by molar-refractivity contribution is -0.123. The third kappa shape index (κ3) is 2.69.